The standard InChI is InChI=1S/C35H59BO2Si/c1-26(17-15-23-32(3,4)39(10,11)25-28-18-13-12-14-19-28)30-21-22-31-29(20-16-24-35(30,31)9)27(2)36-37-33(5,6)34(7,8)38-36/h12-14,18-19,26,30-31H,15-17,20-25H2,1-11H3/b29-27-/t26-,30?,31?,35+/m0/s1. The zero-order valence-corrected chi connectivity index (χ0v) is 28.4. The van der Waals surface area contributed by atoms with Crippen LogP contribution in [-0.4, -0.2) is 26.4 Å². The number of benzene rings is 1. The fourth-order valence-corrected chi connectivity index (χ4v) is 10.9. The monoisotopic (exact) mass is 550 g/mol. The Morgan fingerprint density at radius 1 is 1.03 bits per heavy atom. The van der Waals surface area contributed by atoms with Gasteiger partial charge in [0.2, 0.25) is 0 Å². The predicted octanol–water partition coefficient (Wildman–Crippen LogP) is 10.2. The third-order valence-corrected chi connectivity index (χ3v) is 17.8. The van der Waals surface area contributed by atoms with Crippen LogP contribution in [0, 0.1) is 23.2 Å². The highest BCUT2D eigenvalue weighted by molar-refractivity contribution is 6.79. The molecule has 39 heavy (non-hydrogen) atoms. The highest BCUT2D eigenvalue weighted by Crippen LogP contribution is 2.61. The van der Waals surface area contributed by atoms with Crippen LogP contribution < -0.4 is 0 Å². The number of rotatable bonds is 9. The molecular weight excluding hydrogens is 491 g/mol. The highest BCUT2D eigenvalue weighted by atomic mass is 28.3. The molecule has 1 saturated heterocycles. The molecule has 0 bridgehead atoms. The van der Waals surface area contributed by atoms with Crippen molar-refractivity contribution in [3.8, 4) is 0 Å². The maximum absolute atomic E-state index is 6.51. The van der Waals surface area contributed by atoms with Gasteiger partial charge in [-0.1, -0.05) is 102 Å². The van der Waals surface area contributed by atoms with Crippen molar-refractivity contribution in [1.29, 1.82) is 0 Å². The maximum atomic E-state index is 6.51. The first kappa shape index (κ1) is 31.1. The normalized spacial score (nSPS) is 30.8. The average Bonchev–Trinajstić information content (AvgIpc) is 3.30. The SMILES string of the molecule is C/C(B1OC(C)(C)C(C)(C)O1)=C1\CCC[C@@]2(C)C1CCC2[C@@H](C)CCCC(C)(C)[Si](C)(C)Cc1ccccc1. The summed E-state index contributed by atoms with van der Waals surface area (Å²) in [4.78, 5) is 0. The van der Waals surface area contributed by atoms with E-state index in [-0.39, 0.29) is 18.3 Å². The Morgan fingerprint density at radius 3 is 2.26 bits per heavy atom. The van der Waals surface area contributed by atoms with Crippen LogP contribution in [0.2, 0.25) is 18.1 Å². The molecule has 0 amide bonds. The van der Waals surface area contributed by atoms with Crippen LogP contribution in [0.25, 0.3) is 0 Å². The van der Waals surface area contributed by atoms with E-state index in [2.05, 4.69) is 106 Å². The van der Waals surface area contributed by atoms with Crippen LogP contribution in [0.1, 0.15) is 119 Å². The van der Waals surface area contributed by atoms with Gasteiger partial charge >= 0.3 is 7.12 Å². The Kier molecular flexibility index (Phi) is 8.85. The van der Waals surface area contributed by atoms with Gasteiger partial charge in [-0.25, -0.2) is 0 Å². The lowest BCUT2D eigenvalue weighted by atomic mass is 9.58. The van der Waals surface area contributed by atoms with Crippen molar-refractivity contribution >= 4 is 15.2 Å². The largest absolute Gasteiger partial charge is 0.490 e. The minimum Gasteiger partial charge on any atom is -0.400 e. The van der Waals surface area contributed by atoms with Gasteiger partial charge < -0.3 is 9.31 Å². The van der Waals surface area contributed by atoms with E-state index in [0.717, 1.165) is 11.8 Å². The average molecular weight is 551 g/mol. The number of allylic oxidation sites excluding steroid dienone is 2. The summed E-state index contributed by atoms with van der Waals surface area (Å²) >= 11 is 0. The Bertz CT molecular complexity index is 1010. The van der Waals surface area contributed by atoms with Crippen LogP contribution in [0.4, 0.5) is 0 Å². The Hall–Kier alpha value is -0.838. The predicted molar refractivity (Wildman–Crippen MR) is 172 cm³/mol. The van der Waals surface area contributed by atoms with Crippen LogP contribution >= 0.6 is 0 Å². The van der Waals surface area contributed by atoms with Crippen molar-refractivity contribution in [1.82, 2.24) is 0 Å². The highest BCUT2D eigenvalue weighted by Gasteiger charge is 2.55. The molecule has 0 aromatic heterocycles. The van der Waals surface area contributed by atoms with Gasteiger partial charge in [0.15, 0.2) is 0 Å². The topological polar surface area (TPSA) is 18.5 Å². The van der Waals surface area contributed by atoms with Crippen molar-refractivity contribution in [3.05, 3.63) is 46.9 Å². The minimum absolute atomic E-state index is 0.186. The lowest BCUT2D eigenvalue weighted by molar-refractivity contribution is 0.00578. The molecule has 0 spiro atoms. The first-order valence-electron chi connectivity index (χ1n) is 16.1. The van der Waals surface area contributed by atoms with Gasteiger partial charge in [0.05, 0.1) is 19.3 Å². The van der Waals surface area contributed by atoms with Crippen molar-refractivity contribution in [2.24, 2.45) is 23.2 Å². The molecule has 1 aromatic rings. The van der Waals surface area contributed by atoms with E-state index in [1.807, 2.05) is 0 Å². The van der Waals surface area contributed by atoms with Crippen molar-refractivity contribution in [2.45, 2.75) is 149 Å². The molecule has 4 heteroatoms. The molecule has 2 nitrogen and oxygen atoms in total. The van der Waals surface area contributed by atoms with E-state index >= 15 is 0 Å². The summed E-state index contributed by atoms with van der Waals surface area (Å²) in [6.07, 6.45) is 10.8. The molecule has 3 aliphatic rings. The molecule has 218 valence electrons. The van der Waals surface area contributed by atoms with Gasteiger partial charge in [-0.05, 0) is 106 Å². The summed E-state index contributed by atoms with van der Waals surface area (Å²) in [6, 6.07) is 12.5. The van der Waals surface area contributed by atoms with Crippen molar-refractivity contribution < 1.29 is 9.31 Å². The van der Waals surface area contributed by atoms with Gasteiger partial charge in [0, 0.05) is 0 Å². The summed E-state index contributed by atoms with van der Waals surface area (Å²) in [5.74, 6) is 2.33. The molecule has 1 aromatic carbocycles. The summed E-state index contributed by atoms with van der Waals surface area (Å²) in [7, 11) is -1.59. The first-order valence-corrected chi connectivity index (χ1v) is 19.3. The van der Waals surface area contributed by atoms with Crippen LogP contribution in [0.5, 0.6) is 0 Å². The lowest BCUT2D eigenvalue weighted by Crippen LogP contribution is -2.42. The van der Waals surface area contributed by atoms with Gasteiger partial charge in [-0.3, -0.25) is 0 Å². The zero-order chi connectivity index (χ0) is 28.9. The van der Waals surface area contributed by atoms with E-state index in [1.165, 1.54) is 68.4 Å². The minimum atomic E-state index is -1.40. The zero-order valence-electron chi connectivity index (χ0n) is 27.4. The Balaban J connectivity index is 1.39. The van der Waals surface area contributed by atoms with Crippen LogP contribution in [-0.2, 0) is 15.4 Å². The van der Waals surface area contributed by atoms with E-state index < -0.39 is 8.07 Å². The summed E-state index contributed by atoms with van der Waals surface area (Å²) in [6.45, 7) is 26.6. The van der Waals surface area contributed by atoms with Gasteiger partial charge in [0.25, 0.3) is 0 Å². The molecule has 2 aliphatic carbocycles. The maximum Gasteiger partial charge on any atom is 0.490 e. The van der Waals surface area contributed by atoms with Gasteiger partial charge in [0.1, 0.15) is 0 Å². The van der Waals surface area contributed by atoms with Crippen LogP contribution in [0.3, 0.4) is 0 Å². The van der Waals surface area contributed by atoms with Crippen molar-refractivity contribution in [3.63, 3.8) is 0 Å². The summed E-state index contributed by atoms with van der Waals surface area (Å²) < 4.78 is 13.0. The molecule has 4 rings (SSSR count). The molecule has 0 N–H and O–H groups in total. The molecule has 3 fully saturated rings. The number of fused-ring (bicyclic) bond motifs is 1. The van der Waals surface area contributed by atoms with Gasteiger partial charge in [-0.15, -0.1) is 0 Å². The van der Waals surface area contributed by atoms with Crippen LogP contribution in [0.15, 0.2) is 41.4 Å². The molecule has 2 unspecified atom stereocenters. The summed E-state index contributed by atoms with van der Waals surface area (Å²) in [5.41, 5.74) is 4.47. The Morgan fingerprint density at radius 2 is 1.64 bits per heavy atom. The molecular formula is C35H59BO2Si. The second kappa shape index (κ2) is 11.1. The molecule has 1 heterocycles. The quantitative estimate of drug-likeness (QED) is 0.285. The fourth-order valence-electron chi connectivity index (χ4n) is 8.36. The summed E-state index contributed by atoms with van der Waals surface area (Å²) in [5, 5.41) is 0.450. The van der Waals surface area contributed by atoms with Crippen molar-refractivity contribution in [2.75, 3.05) is 0 Å². The molecule has 0 radical (unpaired) electrons. The smallest absolute Gasteiger partial charge is 0.400 e. The molecule has 4 atom stereocenters. The first-order chi connectivity index (χ1) is 18.0. The van der Waals surface area contributed by atoms with E-state index in [4.69, 9.17) is 9.31 Å². The fraction of sp³-hybridized carbons (Fsp3) is 0.771. The molecule has 2 saturated carbocycles. The number of hydrogen-bond acceptors (Lipinski definition) is 2. The van der Waals surface area contributed by atoms with Gasteiger partial charge in [-0.2, -0.15) is 0 Å². The van der Waals surface area contributed by atoms with E-state index in [0.29, 0.717) is 16.4 Å². The second-order valence-electron chi connectivity index (χ2n) is 16.2. The van der Waals surface area contributed by atoms with E-state index in [1.54, 1.807) is 5.57 Å². The Labute approximate surface area is 243 Å². The van der Waals surface area contributed by atoms with E-state index in [9.17, 15) is 0 Å². The third kappa shape index (κ3) is 6.05. The molecule has 1 aliphatic heterocycles. The third-order valence-electron chi connectivity index (χ3n) is 12.6. The second-order valence-corrected chi connectivity index (χ2v) is 21.7. The lowest BCUT2D eigenvalue weighted by Gasteiger charge is -2.45. The number of hydrogen-bond donors (Lipinski definition) is 0.